The number of aliphatic carboxylic acids is 1. The molecule has 0 bridgehead atoms. The third-order valence-electron chi connectivity index (χ3n) is 4.83. The van der Waals surface area contributed by atoms with Crippen molar-refractivity contribution in [2.24, 2.45) is 0 Å². The number of halogens is 2. The van der Waals surface area contributed by atoms with Gasteiger partial charge >= 0.3 is 5.97 Å². The number of carboxylic acid groups (broad SMARTS) is 1. The van der Waals surface area contributed by atoms with Gasteiger partial charge in [0, 0.05) is 25.7 Å². The summed E-state index contributed by atoms with van der Waals surface area (Å²) in [5.74, 6) is -3.68. The maximum absolute atomic E-state index is 13.5. The molecule has 1 aliphatic heterocycles. The lowest BCUT2D eigenvalue weighted by molar-refractivity contribution is -0.147. The minimum Gasteiger partial charge on any atom is -0.481 e. The average molecular weight is 438 g/mol. The molecule has 0 aromatic heterocycles. The molecule has 3 rings (SSSR count). The van der Waals surface area contributed by atoms with Crippen molar-refractivity contribution in [2.45, 2.75) is 30.8 Å². The van der Waals surface area contributed by atoms with Crippen molar-refractivity contribution < 1.29 is 31.9 Å². The van der Waals surface area contributed by atoms with E-state index in [1.54, 1.807) is 19.1 Å². The zero-order valence-electron chi connectivity index (χ0n) is 16.1. The summed E-state index contributed by atoms with van der Waals surface area (Å²) in [6.45, 7) is 1.44. The predicted molar refractivity (Wildman–Crippen MR) is 103 cm³/mol. The van der Waals surface area contributed by atoms with E-state index < -0.39 is 46.0 Å². The van der Waals surface area contributed by atoms with E-state index in [9.17, 15) is 31.9 Å². The van der Waals surface area contributed by atoms with Gasteiger partial charge in [0.15, 0.2) is 0 Å². The van der Waals surface area contributed by atoms with E-state index in [1.165, 1.54) is 17.0 Å². The molecule has 1 heterocycles. The van der Waals surface area contributed by atoms with Gasteiger partial charge in [-0.15, -0.1) is 0 Å². The molecule has 30 heavy (non-hydrogen) atoms. The second-order valence-electron chi connectivity index (χ2n) is 7.08. The van der Waals surface area contributed by atoms with Crippen molar-refractivity contribution >= 4 is 21.9 Å². The van der Waals surface area contributed by atoms with Crippen molar-refractivity contribution in [1.29, 1.82) is 0 Å². The minimum atomic E-state index is -4.11. The van der Waals surface area contributed by atoms with E-state index in [1.807, 2.05) is 0 Å². The number of sulfonamides is 1. The summed E-state index contributed by atoms with van der Waals surface area (Å²) < 4.78 is 53.9. The Morgan fingerprint density at radius 2 is 1.70 bits per heavy atom. The predicted octanol–water partition coefficient (Wildman–Crippen LogP) is 2.15. The first-order valence-corrected chi connectivity index (χ1v) is 10.6. The highest BCUT2D eigenvalue weighted by Crippen LogP contribution is 2.25. The van der Waals surface area contributed by atoms with Crippen LogP contribution < -0.4 is 0 Å². The third-order valence-corrected chi connectivity index (χ3v) is 6.75. The number of rotatable bonds is 6. The Morgan fingerprint density at radius 1 is 1.10 bits per heavy atom. The van der Waals surface area contributed by atoms with Crippen LogP contribution in [0, 0.1) is 18.6 Å². The standard InChI is InChI=1S/C20H20F2N2O5S/c1-13-2-4-17(5-3-13)30(28,29)24-7-6-23(20(27)18(24)11-19(25)26)12-14-8-15(21)10-16(22)9-14/h2-5,8-10,18H,6-7,11-12H2,1H3,(H,25,26). The number of carbonyl (C=O) groups is 2. The zero-order chi connectivity index (χ0) is 22.1. The molecule has 0 saturated carbocycles. The minimum absolute atomic E-state index is 0.0435. The van der Waals surface area contributed by atoms with Crippen LogP contribution in [0.15, 0.2) is 47.4 Å². The van der Waals surface area contributed by atoms with Gasteiger partial charge < -0.3 is 10.0 Å². The van der Waals surface area contributed by atoms with E-state index in [0.717, 1.165) is 22.0 Å². The summed E-state index contributed by atoms with van der Waals surface area (Å²) in [4.78, 5) is 25.4. The maximum atomic E-state index is 13.5. The van der Waals surface area contributed by atoms with Crippen LogP contribution in [0.4, 0.5) is 8.78 Å². The molecule has 10 heteroatoms. The fraction of sp³-hybridized carbons (Fsp3) is 0.300. The highest BCUT2D eigenvalue weighted by atomic mass is 32.2. The van der Waals surface area contributed by atoms with E-state index in [4.69, 9.17) is 0 Å². The first-order valence-electron chi connectivity index (χ1n) is 9.12. The SMILES string of the molecule is Cc1ccc(S(=O)(=O)N2CCN(Cc3cc(F)cc(F)c3)C(=O)C2CC(=O)O)cc1. The second kappa shape index (κ2) is 8.49. The van der Waals surface area contributed by atoms with Crippen LogP contribution in [-0.2, 0) is 26.2 Å². The molecule has 1 atom stereocenters. The summed E-state index contributed by atoms with van der Waals surface area (Å²) in [6, 6.07) is 7.39. The summed E-state index contributed by atoms with van der Waals surface area (Å²) in [7, 11) is -4.11. The molecule has 2 aromatic carbocycles. The molecule has 2 aromatic rings. The van der Waals surface area contributed by atoms with Crippen molar-refractivity contribution in [2.75, 3.05) is 13.1 Å². The van der Waals surface area contributed by atoms with Gasteiger partial charge in [0.25, 0.3) is 0 Å². The lowest BCUT2D eigenvalue weighted by Gasteiger charge is -2.39. The van der Waals surface area contributed by atoms with Crippen LogP contribution in [0.5, 0.6) is 0 Å². The van der Waals surface area contributed by atoms with Crippen LogP contribution >= 0.6 is 0 Å². The Morgan fingerprint density at radius 3 is 2.27 bits per heavy atom. The van der Waals surface area contributed by atoms with Gasteiger partial charge in [0.05, 0.1) is 11.3 Å². The van der Waals surface area contributed by atoms with Crippen LogP contribution in [0.25, 0.3) is 0 Å². The molecule has 0 spiro atoms. The van der Waals surface area contributed by atoms with Gasteiger partial charge in [-0.05, 0) is 36.8 Å². The lowest BCUT2D eigenvalue weighted by Crippen LogP contribution is -2.58. The quantitative estimate of drug-likeness (QED) is 0.746. The maximum Gasteiger partial charge on any atom is 0.305 e. The molecule has 7 nitrogen and oxygen atoms in total. The highest BCUT2D eigenvalue weighted by molar-refractivity contribution is 7.89. The second-order valence-corrected chi connectivity index (χ2v) is 8.97. The molecule has 1 saturated heterocycles. The number of hydrogen-bond donors (Lipinski definition) is 1. The Balaban J connectivity index is 1.89. The number of carboxylic acids is 1. The van der Waals surface area contributed by atoms with E-state index in [2.05, 4.69) is 0 Å². The van der Waals surface area contributed by atoms with Gasteiger partial charge in [-0.3, -0.25) is 9.59 Å². The largest absolute Gasteiger partial charge is 0.481 e. The number of amides is 1. The molecular weight excluding hydrogens is 418 g/mol. The molecule has 0 radical (unpaired) electrons. The van der Waals surface area contributed by atoms with Gasteiger partial charge in [-0.25, -0.2) is 17.2 Å². The van der Waals surface area contributed by atoms with Gasteiger partial charge in [0.1, 0.15) is 17.7 Å². The molecule has 160 valence electrons. The lowest BCUT2D eigenvalue weighted by atomic mass is 10.1. The number of aryl methyl sites for hydroxylation is 1. The van der Waals surface area contributed by atoms with Crippen molar-refractivity contribution in [3.05, 3.63) is 65.2 Å². The molecule has 0 aliphatic carbocycles. The molecule has 1 amide bonds. The number of hydrogen-bond acceptors (Lipinski definition) is 4. The third kappa shape index (κ3) is 4.65. The van der Waals surface area contributed by atoms with Crippen molar-refractivity contribution in [3.63, 3.8) is 0 Å². The highest BCUT2D eigenvalue weighted by Gasteiger charge is 2.42. The number of carbonyl (C=O) groups excluding carboxylic acids is 1. The first-order chi connectivity index (χ1) is 14.1. The van der Waals surface area contributed by atoms with Gasteiger partial charge in [-0.2, -0.15) is 4.31 Å². The fourth-order valence-corrected chi connectivity index (χ4v) is 4.96. The van der Waals surface area contributed by atoms with E-state index in [-0.39, 0.29) is 30.1 Å². The number of nitrogens with zero attached hydrogens (tertiary/aromatic N) is 2. The molecule has 1 N–H and O–H groups in total. The Kier molecular flexibility index (Phi) is 6.18. The average Bonchev–Trinajstić information content (AvgIpc) is 2.64. The Bertz CT molecular complexity index is 1050. The van der Waals surface area contributed by atoms with E-state index in [0.29, 0.717) is 6.07 Å². The summed E-state index contributed by atoms with van der Waals surface area (Å²) in [6.07, 6.45) is -0.724. The number of piperazine rings is 1. The van der Waals surface area contributed by atoms with Crippen LogP contribution in [0.1, 0.15) is 17.5 Å². The van der Waals surface area contributed by atoms with Crippen LogP contribution in [-0.4, -0.2) is 53.7 Å². The van der Waals surface area contributed by atoms with Gasteiger partial charge in [0.2, 0.25) is 15.9 Å². The number of benzene rings is 2. The summed E-state index contributed by atoms with van der Waals surface area (Å²) in [5.41, 5.74) is 1.03. The first kappa shape index (κ1) is 21.8. The fourth-order valence-electron chi connectivity index (χ4n) is 3.39. The van der Waals surface area contributed by atoms with E-state index >= 15 is 0 Å². The zero-order valence-corrected chi connectivity index (χ0v) is 16.9. The molecule has 1 aliphatic rings. The normalized spacial score (nSPS) is 17.9. The topological polar surface area (TPSA) is 95.0 Å². The molecular formula is C20H20F2N2O5S. The van der Waals surface area contributed by atoms with Crippen LogP contribution in [0.3, 0.4) is 0 Å². The monoisotopic (exact) mass is 438 g/mol. The smallest absolute Gasteiger partial charge is 0.305 e. The van der Waals surface area contributed by atoms with Gasteiger partial charge in [-0.1, -0.05) is 17.7 Å². The van der Waals surface area contributed by atoms with Crippen LogP contribution in [0.2, 0.25) is 0 Å². The summed E-state index contributed by atoms with van der Waals surface area (Å²) >= 11 is 0. The van der Waals surface area contributed by atoms with Crippen molar-refractivity contribution in [1.82, 2.24) is 9.21 Å². The summed E-state index contributed by atoms with van der Waals surface area (Å²) in [5, 5.41) is 9.23. The Labute approximate surface area is 172 Å². The molecule has 1 fully saturated rings. The Hall–Kier alpha value is -2.85. The van der Waals surface area contributed by atoms with Crippen molar-refractivity contribution in [3.8, 4) is 0 Å². The molecule has 1 unspecified atom stereocenters.